The number of amides is 1. The number of carbonyl (C=O) groups is 2. The van der Waals surface area contributed by atoms with Crippen molar-refractivity contribution in [3.63, 3.8) is 0 Å². The molecule has 0 N–H and O–H groups in total. The fourth-order valence-electron chi connectivity index (χ4n) is 3.32. The standard InChI is InChI=1S/C23H21FN4O4/c1-3-27-20-10-9-16(13-18(20)26-15(2)22(27)30)23(31)32-14-21(29)28(12-6-11-25)19-8-5-4-7-17(19)24/h4-5,7-10,13H,3,6,12,14H2,1-2H3. The highest BCUT2D eigenvalue weighted by Gasteiger charge is 2.21. The van der Waals surface area contributed by atoms with Gasteiger partial charge in [0.2, 0.25) is 0 Å². The lowest BCUT2D eigenvalue weighted by Gasteiger charge is -2.22. The summed E-state index contributed by atoms with van der Waals surface area (Å²) in [6, 6.07) is 12.2. The zero-order valence-corrected chi connectivity index (χ0v) is 17.7. The van der Waals surface area contributed by atoms with Gasteiger partial charge in [-0.15, -0.1) is 0 Å². The molecule has 2 aromatic carbocycles. The summed E-state index contributed by atoms with van der Waals surface area (Å²) in [6.07, 6.45) is -0.0111. The molecular weight excluding hydrogens is 415 g/mol. The van der Waals surface area contributed by atoms with E-state index in [-0.39, 0.29) is 29.8 Å². The molecule has 0 aliphatic rings. The molecular formula is C23H21FN4O4. The number of ether oxygens (including phenoxy) is 1. The van der Waals surface area contributed by atoms with Crippen LogP contribution in [-0.2, 0) is 16.1 Å². The summed E-state index contributed by atoms with van der Waals surface area (Å²) in [5.41, 5.74) is 1.30. The number of nitrogens with zero attached hydrogens (tertiary/aromatic N) is 4. The van der Waals surface area contributed by atoms with Crippen molar-refractivity contribution in [1.82, 2.24) is 9.55 Å². The van der Waals surface area contributed by atoms with Crippen LogP contribution in [0.15, 0.2) is 47.3 Å². The van der Waals surface area contributed by atoms with Crippen LogP contribution < -0.4 is 10.5 Å². The zero-order valence-electron chi connectivity index (χ0n) is 17.7. The van der Waals surface area contributed by atoms with E-state index in [1.807, 2.05) is 13.0 Å². The predicted molar refractivity (Wildman–Crippen MR) is 116 cm³/mol. The molecule has 0 spiro atoms. The second-order valence-electron chi connectivity index (χ2n) is 6.93. The van der Waals surface area contributed by atoms with Crippen molar-refractivity contribution in [2.24, 2.45) is 0 Å². The Bertz CT molecular complexity index is 1280. The first-order chi connectivity index (χ1) is 15.4. The minimum atomic E-state index is -0.761. The molecule has 0 aliphatic carbocycles. The van der Waals surface area contributed by atoms with Gasteiger partial charge in [0.05, 0.1) is 34.8 Å². The quantitative estimate of drug-likeness (QED) is 0.527. The summed E-state index contributed by atoms with van der Waals surface area (Å²) in [5.74, 6) is -2.04. The number of nitriles is 1. The van der Waals surface area contributed by atoms with Gasteiger partial charge in [-0.1, -0.05) is 12.1 Å². The van der Waals surface area contributed by atoms with Gasteiger partial charge in [0, 0.05) is 13.1 Å². The Morgan fingerprint density at radius 2 is 2.00 bits per heavy atom. The van der Waals surface area contributed by atoms with Gasteiger partial charge in [-0.3, -0.25) is 9.59 Å². The van der Waals surface area contributed by atoms with Gasteiger partial charge >= 0.3 is 5.97 Å². The summed E-state index contributed by atoms with van der Waals surface area (Å²) >= 11 is 0. The average Bonchev–Trinajstić information content (AvgIpc) is 2.79. The lowest BCUT2D eigenvalue weighted by atomic mass is 10.2. The van der Waals surface area contributed by atoms with Crippen LogP contribution in [0.5, 0.6) is 0 Å². The largest absolute Gasteiger partial charge is 0.452 e. The van der Waals surface area contributed by atoms with E-state index in [4.69, 9.17) is 10.00 Å². The number of fused-ring (bicyclic) bond motifs is 1. The fraction of sp³-hybridized carbons (Fsp3) is 0.261. The van der Waals surface area contributed by atoms with E-state index in [1.165, 1.54) is 30.3 Å². The molecule has 1 heterocycles. The normalized spacial score (nSPS) is 10.6. The van der Waals surface area contributed by atoms with Crippen LogP contribution >= 0.6 is 0 Å². The van der Waals surface area contributed by atoms with Gasteiger partial charge in [0.1, 0.15) is 11.5 Å². The Balaban J connectivity index is 1.79. The van der Waals surface area contributed by atoms with Crippen LogP contribution in [0.4, 0.5) is 10.1 Å². The molecule has 0 saturated heterocycles. The van der Waals surface area contributed by atoms with E-state index in [1.54, 1.807) is 23.6 Å². The molecule has 0 bridgehead atoms. The van der Waals surface area contributed by atoms with Crippen molar-refractivity contribution in [3.8, 4) is 6.07 Å². The van der Waals surface area contributed by atoms with Gasteiger partial charge in [-0.05, 0) is 44.2 Å². The maximum Gasteiger partial charge on any atom is 0.338 e. The summed E-state index contributed by atoms with van der Waals surface area (Å²) in [6.45, 7) is 3.21. The first-order valence-corrected chi connectivity index (χ1v) is 9.97. The molecule has 1 amide bonds. The number of carbonyl (C=O) groups excluding carboxylic acids is 2. The first kappa shape index (κ1) is 22.6. The van der Waals surface area contributed by atoms with Crippen LogP contribution in [0, 0.1) is 24.1 Å². The Morgan fingerprint density at radius 3 is 2.69 bits per heavy atom. The Morgan fingerprint density at radius 1 is 1.25 bits per heavy atom. The summed E-state index contributed by atoms with van der Waals surface area (Å²) in [7, 11) is 0. The van der Waals surface area contributed by atoms with Crippen LogP contribution in [0.3, 0.4) is 0 Å². The van der Waals surface area contributed by atoms with E-state index in [0.717, 1.165) is 4.90 Å². The molecule has 0 unspecified atom stereocenters. The minimum Gasteiger partial charge on any atom is -0.452 e. The average molecular weight is 436 g/mol. The molecule has 9 heteroatoms. The summed E-state index contributed by atoms with van der Waals surface area (Å²) in [5, 5.41) is 8.85. The van der Waals surface area contributed by atoms with Crippen LogP contribution in [0.25, 0.3) is 11.0 Å². The SMILES string of the molecule is CCn1c(=O)c(C)nc2cc(C(=O)OCC(=O)N(CCC#N)c3ccccc3F)ccc21. The van der Waals surface area contributed by atoms with E-state index in [9.17, 15) is 18.8 Å². The fourth-order valence-corrected chi connectivity index (χ4v) is 3.32. The maximum atomic E-state index is 14.1. The molecule has 32 heavy (non-hydrogen) atoms. The van der Waals surface area contributed by atoms with E-state index in [2.05, 4.69) is 4.98 Å². The number of aromatic nitrogens is 2. The van der Waals surface area contributed by atoms with Crippen molar-refractivity contribution in [3.05, 3.63) is 69.9 Å². The molecule has 164 valence electrons. The van der Waals surface area contributed by atoms with Gasteiger partial charge in [0.25, 0.3) is 11.5 Å². The topological polar surface area (TPSA) is 105 Å². The van der Waals surface area contributed by atoms with Crippen molar-refractivity contribution < 1.29 is 18.7 Å². The second-order valence-corrected chi connectivity index (χ2v) is 6.93. The van der Waals surface area contributed by atoms with Crippen LogP contribution in [-0.4, -0.2) is 34.6 Å². The zero-order chi connectivity index (χ0) is 23.3. The number of halogens is 1. The number of para-hydroxylation sites is 1. The van der Waals surface area contributed by atoms with Gasteiger partial charge in [-0.25, -0.2) is 14.2 Å². The highest BCUT2D eigenvalue weighted by molar-refractivity contribution is 5.98. The summed E-state index contributed by atoms with van der Waals surface area (Å²) in [4.78, 5) is 42.7. The first-order valence-electron chi connectivity index (χ1n) is 9.97. The third-order valence-corrected chi connectivity index (χ3v) is 4.88. The number of esters is 1. The number of benzene rings is 2. The van der Waals surface area contributed by atoms with Crippen molar-refractivity contribution in [2.75, 3.05) is 18.1 Å². The molecule has 3 aromatic rings. The molecule has 1 aromatic heterocycles. The van der Waals surface area contributed by atoms with E-state index < -0.39 is 24.3 Å². The number of anilines is 1. The van der Waals surface area contributed by atoms with Crippen LogP contribution in [0.1, 0.15) is 29.4 Å². The lowest BCUT2D eigenvalue weighted by molar-refractivity contribution is -0.121. The molecule has 0 atom stereocenters. The van der Waals surface area contributed by atoms with Crippen molar-refractivity contribution >= 4 is 28.6 Å². The highest BCUT2D eigenvalue weighted by atomic mass is 19.1. The van der Waals surface area contributed by atoms with Crippen molar-refractivity contribution in [1.29, 1.82) is 5.26 Å². The maximum absolute atomic E-state index is 14.1. The Hall–Kier alpha value is -4.06. The third kappa shape index (κ3) is 4.64. The number of aryl methyl sites for hydroxylation is 2. The van der Waals surface area contributed by atoms with Gasteiger partial charge in [-0.2, -0.15) is 5.26 Å². The number of hydrogen-bond acceptors (Lipinski definition) is 6. The Labute approximate surface area is 183 Å². The minimum absolute atomic E-state index is 0.00622. The highest BCUT2D eigenvalue weighted by Crippen LogP contribution is 2.20. The molecule has 0 saturated carbocycles. The lowest BCUT2D eigenvalue weighted by Crippen LogP contribution is -2.36. The number of rotatable bonds is 7. The van der Waals surface area contributed by atoms with E-state index >= 15 is 0 Å². The van der Waals surface area contributed by atoms with E-state index in [0.29, 0.717) is 23.3 Å². The molecule has 0 fully saturated rings. The predicted octanol–water partition coefficient (Wildman–Crippen LogP) is 2.97. The van der Waals surface area contributed by atoms with Crippen LogP contribution in [0.2, 0.25) is 0 Å². The molecule has 3 rings (SSSR count). The molecule has 8 nitrogen and oxygen atoms in total. The monoisotopic (exact) mass is 436 g/mol. The van der Waals surface area contributed by atoms with Gasteiger partial charge < -0.3 is 14.2 Å². The molecule has 0 radical (unpaired) electrons. The second kappa shape index (κ2) is 9.83. The number of hydrogen-bond donors (Lipinski definition) is 0. The van der Waals surface area contributed by atoms with Gasteiger partial charge in [0.15, 0.2) is 6.61 Å². The summed E-state index contributed by atoms with van der Waals surface area (Å²) < 4.78 is 20.8. The Kier molecular flexibility index (Phi) is 6.95. The van der Waals surface area contributed by atoms with Crippen molar-refractivity contribution in [2.45, 2.75) is 26.8 Å². The smallest absolute Gasteiger partial charge is 0.338 e. The third-order valence-electron chi connectivity index (χ3n) is 4.88. The molecule has 0 aliphatic heterocycles.